The topological polar surface area (TPSA) is 90.1 Å². The number of hydrogen-bond donors (Lipinski definition) is 2. The van der Waals surface area contributed by atoms with E-state index in [1.807, 2.05) is 0 Å². The second-order valence-corrected chi connectivity index (χ2v) is 5.88. The molecule has 2 aliphatic heterocycles. The molecule has 2 heterocycles. The fraction of sp³-hybridized carbons (Fsp3) is 0.857. The molecule has 0 aromatic heterocycles. The number of rotatable bonds is 2. The summed E-state index contributed by atoms with van der Waals surface area (Å²) in [5.74, 6) is 0. The molecule has 0 spiro atoms. The summed E-state index contributed by atoms with van der Waals surface area (Å²) in [5, 5.41) is 26.0. The number of hydrogen-bond acceptors (Lipinski definition) is 8. The van der Waals surface area contributed by atoms with Crippen LogP contribution in [0.3, 0.4) is 0 Å². The molecule has 2 N–H and O–H groups in total. The van der Waals surface area contributed by atoms with Gasteiger partial charge in [0.2, 0.25) is 0 Å². The van der Waals surface area contributed by atoms with Gasteiger partial charge in [0.25, 0.3) is 0 Å². The third-order valence-corrected chi connectivity index (χ3v) is 4.80. The summed E-state index contributed by atoms with van der Waals surface area (Å²) in [6, 6.07) is -0.00539. The molecular weight excluding hydrogens is 288 g/mol. The molecule has 3 fully saturated rings. The van der Waals surface area contributed by atoms with Crippen molar-refractivity contribution < 1.29 is 19.9 Å². The lowest BCUT2D eigenvalue weighted by Gasteiger charge is -2.42. The Kier molecular flexibility index (Phi) is 5.24. The summed E-state index contributed by atoms with van der Waals surface area (Å²) in [6.45, 7) is 5.99. The molecule has 1 aliphatic carbocycles. The average molecular weight is 312 g/mol. The van der Waals surface area contributed by atoms with E-state index in [-0.39, 0.29) is 12.1 Å². The summed E-state index contributed by atoms with van der Waals surface area (Å²) in [6.07, 6.45) is 1.78. The first kappa shape index (κ1) is 15.7. The molecule has 0 aromatic rings. The Morgan fingerprint density at radius 3 is 1.41 bits per heavy atom. The van der Waals surface area contributed by atoms with Gasteiger partial charge in [-0.3, -0.25) is 9.80 Å². The van der Waals surface area contributed by atoms with Crippen LogP contribution < -0.4 is 0 Å². The Hall–Kier alpha value is -1.22. The van der Waals surface area contributed by atoms with Gasteiger partial charge in [-0.25, -0.2) is 0 Å². The van der Waals surface area contributed by atoms with Crippen LogP contribution in [0.5, 0.6) is 0 Å². The molecule has 124 valence electrons. The van der Waals surface area contributed by atoms with E-state index in [2.05, 4.69) is 20.1 Å². The second-order valence-electron chi connectivity index (χ2n) is 5.88. The molecule has 3 aliphatic rings. The maximum Gasteiger partial charge on any atom is 0.123 e. The van der Waals surface area contributed by atoms with Crippen molar-refractivity contribution in [2.45, 2.75) is 24.9 Å². The van der Waals surface area contributed by atoms with Crippen LogP contribution in [0.15, 0.2) is 10.3 Å². The summed E-state index contributed by atoms with van der Waals surface area (Å²) < 4.78 is 10.8. The van der Waals surface area contributed by atoms with Crippen LogP contribution in [0.1, 0.15) is 12.8 Å². The van der Waals surface area contributed by atoms with Crippen LogP contribution in [0.25, 0.3) is 0 Å². The maximum atomic E-state index is 9.50. The zero-order valence-corrected chi connectivity index (χ0v) is 12.7. The molecule has 0 unspecified atom stereocenters. The highest BCUT2D eigenvalue weighted by Crippen LogP contribution is 2.25. The highest BCUT2D eigenvalue weighted by Gasteiger charge is 2.40. The Morgan fingerprint density at radius 1 is 0.727 bits per heavy atom. The Morgan fingerprint density at radius 2 is 1.09 bits per heavy atom. The normalized spacial score (nSPS) is 36.0. The Labute approximate surface area is 129 Å². The first-order chi connectivity index (χ1) is 10.8. The van der Waals surface area contributed by atoms with E-state index in [4.69, 9.17) is 9.47 Å². The van der Waals surface area contributed by atoms with E-state index < -0.39 is 0 Å². The van der Waals surface area contributed by atoms with Crippen LogP contribution >= 0.6 is 0 Å². The van der Waals surface area contributed by atoms with E-state index in [9.17, 15) is 10.4 Å². The van der Waals surface area contributed by atoms with Gasteiger partial charge in [0.05, 0.1) is 38.5 Å². The highest BCUT2D eigenvalue weighted by atomic mass is 16.5. The third-order valence-electron chi connectivity index (χ3n) is 4.80. The van der Waals surface area contributed by atoms with Gasteiger partial charge < -0.3 is 19.9 Å². The average Bonchev–Trinajstić information content (AvgIpc) is 2.61. The van der Waals surface area contributed by atoms with E-state index in [1.54, 1.807) is 0 Å². The lowest BCUT2D eigenvalue weighted by molar-refractivity contribution is 0.0154. The quantitative estimate of drug-likeness (QED) is 0.544. The van der Waals surface area contributed by atoms with Crippen molar-refractivity contribution in [1.82, 2.24) is 9.80 Å². The summed E-state index contributed by atoms with van der Waals surface area (Å²) in [7, 11) is 0. The predicted molar refractivity (Wildman–Crippen MR) is 80.0 cm³/mol. The van der Waals surface area contributed by atoms with Crippen LogP contribution in [0.4, 0.5) is 0 Å². The van der Waals surface area contributed by atoms with E-state index in [1.165, 1.54) is 0 Å². The second kappa shape index (κ2) is 7.36. The van der Waals surface area contributed by atoms with Gasteiger partial charge >= 0.3 is 0 Å². The lowest BCUT2D eigenvalue weighted by Crippen LogP contribution is -2.58. The summed E-state index contributed by atoms with van der Waals surface area (Å²) in [5.41, 5.74) is 0.985. The van der Waals surface area contributed by atoms with Crippen molar-refractivity contribution in [3.63, 3.8) is 0 Å². The monoisotopic (exact) mass is 312 g/mol. The maximum absolute atomic E-state index is 9.50. The van der Waals surface area contributed by atoms with Crippen LogP contribution in [-0.2, 0) is 9.47 Å². The predicted octanol–water partition coefficient (Wildman–Crippen LogP) is -0.158. The van der Waals surface area contributed by atoms with Crippen LogP contribution in [0.2, 0.25) is 0 Å². The van der Waals surface area contributed by atoms with E-state index in [0.717, 1.165) is 39.0 Å². The molecule has 0 aromatic carbocycles. The smallest absolute Gasteiger partial charge is 0.123 e. The molecule has 1 saturated carbocycles. The van der Waals surface area contributed by atoms with Crippen molar-refractivity contribution >= 4 is 11.4 Å². The minimum atomic E-state index is -0.00269. The molecule has 2 atom stereocenters. The van der Waals surface area contributed by atoms with E-state index in [0.29, 0.717) is 37.9 Å². The summed E-state index contributed by atoms with van der Waals surface area (Å²) >= 11 is 0. The van der Waals surface area contributed by atoms with Gasteiger partial charge in [-0.15, -0.1) is 0 Å². The first-order valence-electron chi connectivity index (χ1n) is 7.93. The lowest BCUT2D eigenvalue weighted by atomic mass is 9.85. The van der Waals surface area contributed by atoms with Gasteiger partial charge in [0.15, 0.2) is 0 Å². The van der Waals surface area contributed by atoms with Crippen LogP contribution in [-0.4, -0.2) is 96.3 Å². The third kappa shape index (κ3) is 3.10. The summed E-state index contributed by atoms with van der Waals surface area (Å²) in [4.78, 5) is 4.50. The number of ether oxygens (including phenoxy) is 2. The number of morpholine rings is 2. The molecule has 8 heteroatoms. The number of nitrogens with zero attached hydrogens (tertiary/aromatic N) is 4. The molecule has 22 heavy (non-hydrogen) atoms. The van der Waals surface area contributed by atoms with Gasteiger partial charge in [-0.05, 0) is 12.8 Å². The molecule has 0 bridgehead atoms. The Balaban J connectivity index is 1.76. The minimum Gasteiger partial charge on any atom is -0.411 e. The zero-order valence-electron chi connectivity index (χ0n) is 12.7. The largest absolute Gasteiger partial charge is 0.411 e. The first-order valence-corrected chi connectivity index (χ1v) is 7.93. The fourth-order valence-electron chi connectivity index (χ4n) is 3.66. The Bertz CT molecular complexity index is 391. The van der Waals surface area contributed by atoms with Crippen molar-refractivity contribution in [2.24, 2.45) is 10.3 Å². The molecule has 2 saturated heterocycles. The SMILES string of the molecule is ON=C1/C(=N/O)[C@@H](N2CCOCC2)CC[C@@H]1N1CCOCC1. The standard InChI is InChI=1S/C14H24N4O4/c19-15-13-11(17-3-7-21-8-4-17)1-2-12(14(13)16-20)18-5-9-22-10-6-18/h11-12,19-20H,1-10H2/b15-13+,16-14?/t11-,12-/m0/s1. The molecule has 3 rings (SSSR count). The molecule has 0 amide bonds. The molecule has 0 radical (unpaired) electrons. The number of oxime groups is 2. The minimum absolute atomic E-state index is 0.00269. The fourth-order valence-corrected chi connectivity index (χ4v) is 3.66. The van der Waals surface area contributed by atoms with Gasteiger partial charge in [-0.1, -0.05) is 10.3 Å². The van der Waals surface area contributed by atoms with Crippen molar-refractivity contribution in [3.05, 3.63) is 0 Å². The van der Waals surface area contributed by atoms with Gasteiger partial charge in [-0.2, -0.15) is 0 Å². The van der Waals surface area contributed by atoms with Gasteiger partial charge in [0.1, 0.15) is 11.4 Å². The van der Waals surface area contributed by atoms with Crippen molar-refractivity contribution in [1.29, 1.82) is 0 Å². The van der Waals surface area contributed by atoms with Gasteiger partial charge in [0, 0.05) is 26.2 Å². The molecular formula is C14H24N4O4. The molecule has 8 nitrogen and oxygen atoms in total. The zero-order chi connectivity index (χ0) is 15.4. The highest BCUT2D eigenvalue weighted by molar-refractivity contribution is 6.46. The van der Waals surface area contributed by atoms with Crippen LogP contribution in [0, 0.1) is 0 Å². The van der Waals surface area contributed by atoms with Crippen molar-refractivity contribution in [2.75, 3.05) is 52.6 Å². The van der Waals surface area contributed by atoms with Crippen molar-refractivity contribution in [3.8, 4) is 0 Å². The van der Waals surface area contributed by atoms with E-state index >= 15 is 0 Å².